The summed E-state index contributed by atoms with van der Waals surface area (Å²) in [5.41, 5.74) is 0.214. The summed E-state index contributed by atoms with van der Waals surface area (Å²) < 4.78 is 5.24. The molecular weight excluding hydrogens is 208 g/mol. The zero-order valence-electron chi connectivity index (χ0n) is 9.43. The molecule has 0 amide bonds. The fourth-order valence-electron chi connectivity index (χ4n) is 1.57. The van der Waals surface area contributed by atoms with Gasteiger partial charge in [-0.1, -0.05) is 12.1 Å². The molecule has 0 fully saturated rings. The molecule has 0 aliphatic heterocycles. The second-order valence-electron chi connectivity index (χ2n) is 4.07. The lowest BCUT2D eigenvalue weighted by molar-refractivity contribution is -0.143. The Morgan fingerprint density at radius 3 is 2.38 bits per heavy atom. The Hall–Kier alpha value is -1.55. The third-order valence-electron chi connectivity index (χ3n) is 2.53. The van der Waals surface area contributed by atoms with E-state index >= 15 is 0 Å². The number of phenolic OH excluding ortho intramolecular Hbond substituents is 1. The third kappa shape index (κ3) is 3.55. The normalized spacial score (nSPS) is 14.4. The van der Waals surface area contributed by atoms with Gasteiger partial charge in [-0.3, -0.25) is 4.79 Å². The number of methoxy groups -OCH3 is 1. The number of carboxylic acid groups (broad SMARTS) is 1. The van der Waals surface area contributed by atoms with E-state index in [1.807, 2.05) is 0 Å². The van der Waals surface area contributed by atoms with Gasteiger partial charge in [0.2, 0.25) is 0 Å². The first-order chi connectivity index (χ1) is 7.45. The van der Waals surface area contributed by atoms with Gasteiger partial charge in [0.15, 0.2) is 0 Å². The van der Waals surface area contributed by atoms with Crippen LogP contribution in [0.25, 0.3) is 0 Å². The van der Waals surface area contributed by atoms with E-state index in [-0.39, 0.29) is 12.2 Å². The number of ether oxygens (including phenoxy) is 1. The quantitative estimate of drug-likeness (QED) is 0.800. The number of aromatic hydroxyl groups is 1. The van der Waals surface area contributed by atoms with Crippen molar-refractivity contribution < 1.29 is 19.7 Å². The minimum Gasteiger partial charge on any atom is -0.508 e. The minimum atomic E-state index is -0.886. The van der Waals surface area contributed by atoms with E-state index in [0.29, 0.717) is 6.42 Å². The zero-order valence-corrected chi connectivity index (χ0v) is 9.43. The first kappa shape index (κ1) is 12.5. The molecule has 1 atom stereocenters. The fraction of sp³-hybridized carbons (Fsp3) is 0.417. The molecular formula is C12H16O4. The van der Waals surface area contributed by atoms with Gasteiger partial charge in [-0.2, -0.15) is 0 Å². The van der Waals surface area contributed by atoms with Gasteiger partial charge in [0.25, 0.3) is 0 Å². The van der Waals surface area contributed by atoms with Gasteiger partial charge >= 0.3 is 5.97 Å². The summed E-state index contributed by atoms with van der Waals surface area (Å²) in [6.45, 7) is 1.76. The highest BCUT2D eigenvalue weighted by Crippen LogP contribution is 2.22. The van der Waals surface area contributed by atoms with Gasteiger partial charge < -0.3 is 14.9 Å². The van der Waals surface area contributed by atoms with E-state index in [1.165, 1.54) is 7.11 Å². The molecule has 0 bridgehead atoms. The van der Waals surface area contributed by atoms with Crippen LogP contribution in [0.3, 0.4) is 0 Å². The van der Waals surface area contributed by atoms with Crippen LogP contribution in [0.2, 0.25) is 0 Å². The monoisotopic (exact) mass is 224 g/mol. The van der Waals surface area contributed by atoms with Crippen molar-refractivity contribution in [1.29, 1.82) is 0 Å². The van der Waals surface area contributed by atoms with Crippen molar-refractivity contribution >= 4 is 5.97 Å². The standard InChI is InChI=1S/C12H16O4/c1-12(16-2,8-11(14)15)7-9-3-5-10(13)6-4-9/h3-6,13H,7-8H2,1-2H3,(H,14,15). The van der Waals surface area contributed by atoms with Gasteiger partial charge in [0.05, 0.1) is 12.0 Å². The van der Waals surface area contributed by atoms with E-state index in [2.05, 4.69) is 0 Å². The Bertz CT molecular complexity index is 358. The summed E-state index contributed by atoms with van der Waals surface area (Å²) in [6, 6.07) is 6.67. The molecule has 4 nitrogen and oxygen atoms in total. The van der Waals surface area contributed by atoms with Crippen LogP contribution in [0.15, 0.2) is 24.3 Å². The lowest BCUT2D eigenvalue weighted by Gasteiger charge is -2.26. The van der Waals surface area contributed by atoms with E-state index < -0.39 is 11.6 Å². The van der Waals surface area contributed by atoms with Crippen LogP contribution in [-0.2, 0) is 16.0 Å². The number of hydrogen-bond acceptors (Lipinski definition) is 3. The molecule has 1 aromatic rings. The van der Waals surface area contributed by atoms with Crippen LogP contribution in [0.4, 0.5) is 0 Å². The maximum Gasteiger partial charge on any atom is 0.306 e. The SMILES string of the molecule is COC(C)(CC(=O)O)Cc1ccc(O)cc1. The van der Waals surface area contributed by atoms with Crippen LogP contribution in [0.1, 0.15) is 18.9 Å². The fourth-order valence-corrected chi connectivity index (χ4v) is 1.57. The van der Waals surface area contributed by atoms with Crippen LogP contribution in [0.5, 0.6) is 5.75 Å². The van der Waals surface area contributed by atoms with Crippen molar-refractivity contribution in [1.82, 2.24) is 0 Å². The summed E-state index contributed by atoms with van der Waals surface area (Å²) in [6.07, 6.45) is 0.445. The van der Waals surface area contributed by atoms with Gasteiger partial charge in [0.1, 0.15) is 5.75 Å². The van der Waals surface area contributed by atoms with Crippen molar-refractivity contribution in [2.24, 2.45) is 0 Å². The highest BCUT2D eigenvalue weighted by atomic mass is 16.5. The average Bonchev–Trinajstić information content (AvgIpc) is 2.20. The van der Waals surface area contributed by atoms with E-state index in [0.717, 1.165) is 5.56 Å². The van der Waals surface area contributed by atoms with Gasteiger partial charge in [-0.05, 0) is 24.6 Å². The zero-order chi connectivity index (χ0) is 12.2. The first-order valence-electron chi connectivity index (χ1n) is 5.00. The molecule has 0 saturated heterocycles. The lowest BCUT2D eigenvalue weighted by atomic mass is 9.93. The van der Waals surface area contributed by atoms with Crippen molar-refractivity contribution in [2.75, 3.05) is 7.11 Å². The number of carbonyl (C=O) groups is 1. The predicted octanol–water partition coefficient (Wildman–Crippen LogP) is 1.81. The van der Waals surface area contributed by atoms with E-state index in [9.17, 15) is 4.79 Å². The van der Waals surface area contributed by atoms with Gasteiger partial charge in [0, 0.05) is 13.5 Å². The van der Waals surface area contributed by atoms with Crippen molar-refractivity contribution in [3.05, 3.63) is 29.8 Å². The summed E-state index contributed by atoms with van der Waals surface area (Å²) in [5, 5.41) is 17.9. The Morgan fingerprint density at radius 2 is 1.94 bits per heavy atom. The van der Waals surface area contributed by atoms with Crippen molar-refractivity contribution in [2.45, 2.75) is 25.4 Å². The number of hydrogen-bond donors (Lipinski definition) is 2. The minimum absolute atomic E-state index is 0.0512. The number of aliphatic carboxylic acids is 1. The van der Waals surface area contributed by atoms with E-state index in [4.69, 9.17) is 14.9 Å². The Kier molecular flexibility index (Phi) is 3.90. The molecule has 1 aromatic carbocycles. The largest absolute Gasteiger partial charge is 0.508 e. The summed E-state index contributed by atoms with van der Waals surface area (Å²) >= 11 is 0. The maximum atomic E-state index is 10.7. The number of rotatable bonds is 5. The Labute approximate surface area is 94.5 Å². The van der Waals surface area contributed by atoms with Crippen molar-refractivity contribution in [3.8, 4) is 5.75 Å². The molecule has 88 valence electrons. The predicted molar refractivity (Wildman–Crippen MR) is 59.5 cm³/mol. The molecule has 16 heavy (non-hydrogen) atoms. The smallest absolute Gasteiger partial charge is 0.306 e. The van der Waals surface area contributed by atoms with Gasteiger partial charge in [-0.15, -0.1) is 0 Å². The van der Waals surface area contributed by atoms with E-state index in [1.54, 1.807) is 31.2 Å². The van der Waals surface area contributed by atoms with Crippen LogP contribution < -0.4 is 0 Å². The lowest BCUT2D eigenvalue weighted by Crippen LogP contribution is -2.33. The molecule has 0 aliphatic carbocycles. The van der Waals surface area contributed by atoms with Crippen LogP contribution >= 0.6 is 0 Å². The number of benzene rings is 1. The average molecular weight is 224 g/mol. The van der Waals surface area contributed by atoms with Gasteiger partial charge in [-0.25, -0.2) is 0 Å². The van der Waals surface area contributed by atoms with Crippen LogP contribution in [0, 0.1) is 0 Å². The Balaban J connectivity index is 2.76. The highest BCUT2D eigenvalue weighted by Gasteiger charge is 2.27. The molecule has 2 N–H and O–H groups in total. The molecule has 0 aromatic heterocycles. The molecule has 0 aliphatic rings. The number of carboxylic acids is 1. The first-order valence-corrected chi connectivity index (χ1v) is 5.00. The molecule has 0 spiro atoms. The summed E-state index contributed by atoms with van der Waals surface area (Å²) in [5.74, 6) is -0.691. The second-order valence-corrected chi connectivity index (χ2v) is 4.07. The number of phenols is 1. The second kappa shape index (κ2) is 4.99. The van der Waals surface area contributed by atoms with Crippen molar-refractivity contribution in [3.63, 3.8) is 0 Å². The molecule has 0 saturated carbocycles. The highest BCUT2D eigenvalue weighted by molar-refractivity contribution is 5.68. The topological polar surface area (TPSA) is 66.8 Å². The molecule has 1 rings (SSSR count). The molecule has 0 radical (unpaired) electrons. The summed E-state index contributed by atoms with van der Waals surface area (Å²) in [4.78, 5) is 10.7. The molecule has 0 heterocycles. The molecule has 4 heteroatoms. The summed E-state index contributed by atoms with van der Waals surface area (Å²) in [7, 11) is 1.50. The third-order valence-corrected chi connectivity index (χ3v) is 2.53. The maximum absolute atomic E-state index is 10.7. The van der Waals surface area contributed by atoms with Crippen LogP contribution in [-0.4, -0.2) is 28.9 Å². The Morgan fingerprint density at radius 1 is 1.38 bits per heavy atom. The molecule has 1 unspecified atom stereocenters.